The van der Waals surface area contributed by atoms with Crippen LogP contribution in [-0.4, -0.2) is 38.3 Å². The number of hydrogen-bond donors (Lipinski definition) is 2. The van der Waals surface area contributed by atoms with Crippen molar-refractivity contribution in [3.63, 3.8) is 0 Å². The molecule has 0 saturated carbocycles. The standard InChI is InChI=1S/C21H27N3O3S/c1-14(2)27-21(26)19(22-23-20(25)15-9-7-6-8-10-15)17-12-11-16(24(3)4)13-18(17)28-5/h6-14,19,22H,1-5H3,(H,23,25)/t19-/m0/s1. The van der Waals surface area contributed by atoms with Crippen LogP contribution in [-0.2, 0) is 9.53 Å². The minimum Gasteiger partial charge on any atom is -0.462 e. The summed E-state index contributed by atoms with van der Waals surface area (Å²) in [5.41, 5.74) is 7.76. The van der Waals surface area contributed by atoms with E-state index in [0.29, 0.717) is 5.56 Å². The topological polar surface area (TPSA) is 70.7 Å². The van der Waals surface area contributed by atoms with Gasteiger partial charge in [-0.05, 0) is 49.9 Å². The van der Waals surface area contributed by atoms with Crippen molar-refractivity contribution in [2.75, 3.05) is 25.3 Å². The zero-order valence-electron chi connectivity index (χ0n) is 16.9. The van der Waals surface area contributed by atoms with Gasteiger partial charge in [0.15, 0.2) is 0 Å². The maximum atomic E-state index is 12.7. The van der Waals surface area contributed by atoms with Crippen LogP contribution < -0.4 is 15.8 Å². The highest BCUT2D eigenvalue weighted by Crippen LogP contribution is 2.30. The number of hydrogen-bond acceptors (Lipinski definition) is 6. The molecule has 2 rings (SSSR count). The summed E-state index contributed by atoms with van der Waals surface area (Å²) in [4.78, 5) is 28.0. The van der Waals surface area contributed by atoms with Gasteiger partial charge in [-0.25, -0.2) is 10.2 Å². The first kappa shape index (κ1) is 21.8. The zero-order chi connectivity index (χ0) is 20.7. The maximum absolute atomic E-state index is 12.7. The lowest BCUT2D eigenvalue weighted by atomic mass is 10.1. The van der Waals surface area contributed by atoms with Crippen molar-refractivity contribution in [1.29, 1.82) is 0 Å². The Kier molecular flexibility index (Phi) is 7.90. The summed E-state index contributed by atoms with van der Waals surface area (Å²) in [6, 6.07) is 13.8. The first-order valence-electron chi connectivity index (χ1n) is 9.00. The van der Waals surface area contributed by atoms with E-state index in [0.717, 1.165) is 16.1 Å². The fraction of sp³-hybridized carbons (Fsp3) is 0.333. The third kappa shape index (κ3) is 5.74. The first-order valence-corrected chi connectivity index (χ1v) is 10.2. The minimum absolute atomic E-state index is 0.264. The summed E-state index contributed by atoms with van der Waals surface area (Å²) >= 11 is 1.54. The van der Waals surface area contributed by atoms with Gasteiger partial charge in [-0.3, -0.25) is 10.2 Å². The number of nitrogens with zero attached hydrogens (tertiary/aromatic N) is 1. The number of amides is 1. The lowest BCUT2D eigenvalue weighted by Crippen LogP contribution is -2.44. The Labute approximate surface area is 170 Å². The lowest BCUT2D eigenvalue weighted by molar-refractivity contribution is -0.150. The van der Waals surface area contributed by atoms with E-state index in [1.807, 2.05) is 49.5 Å². The Morgan fingerprint density at radius 1 is 1.07 bits per heavy atom. The van der Waals surface area contributed by atoms with Crippen LogP contribution in [0.1, 0.15) is 35.8 Å². The molecule has 0 heterocycles. The Bertz CT molecular complexity index is 810. The van der Waals surface area contributed by atoms with Gasteiger partial charge in [0.2, 0.25) is 0 Å². The van der Waals surface area contributed by atoms with Gasteiger partial charge >= 0.3 is 5.97 Å². The third-order valence-corrected chi connectivity index (χ3v) is 4.79. The van der Waals surface area contributed by atoms with Crippen LogP contribution in [0.5, 0.6) is 0 Å². The highest BCUT2D eigenvalue weighted by atomic mass is 32.2. The SMILES string of the molecule is CSc1cc(N(C)C)ccc1[C@H](NNC(=O)c1ccccc1)C(=O)OC(C)C. The van der Waals surface area contributed by atoms with E-state index >= 15 is 0 Å². The van der Waals surface area contributed by atoms with Gasteiger partial charge in [-0.2, -0.15) is 0 Å². The van der Waals surface area contributed by atoms with Crippen molar-refractivity contribution < 1.29 is 14.3 Å². The van der Waals surface area contributed by atoms with Gasteiger partial charge in [-0.15, -0.1) is 11.8 Å². The number of benzene rings is 2. The number of anilines is 1. The quantitative estimate of drug-likeness (QED) is 0.401. The second-order valence-electron chi connectivity index (χ2n) is 6.70. The van der Waals surface area contributed by atoms with Crippen molar-refractivity contribution in [3.05, 3.63) is 59.7 Å². The van der Waals surface area contributed by atoms with Crippen LogP contribution in [0.25, 0.3) is 0 Å². The average molecular weight is 402 g/mol. The number of thioether (sulfide) groups is 1. The molecule has 0 aromatic heterocycles. The number of rotatable bonds is 8. The van der Waals surface area contributed by atoms with E-state index in [2.05, 4.69) is 10.9 Å². The third-order valence-electron chi connectivity index (χ3n) is 4.00. The Balaban J connectivity index is 2.29. The molecule has 0 spiro atoms. The minimum atomic E-state index is -0.825. The molecule has 2 N–H and O–H groups in total. The molecule has 0 fully saturated rings. The Hall–Kier alpha value is -2.51. The van der Waals surface area contributed by atoms with Crippen LogP contribution in [0.15, 0.2) is 53.4 Å². The van der Waals surface area contributed by atoms with E-state index in [4.69, 9.17) is 4.74 Å². The Morgan fingerprint density at radius 3 is 2.32 bits per heavy atom. The van der Waals surface area contributed by atoms with Gasteiger partial charge in [0.25, 0.3) is 5.91 Å². The monoisotopic (exact) mass is 401 g/mol. The van der Waals surface area contributed by atoms with Gasteiger partial charge in [0.05, 0.1) is 6.10 Å². The molecular weight excluding hydrogens is 374 g/mol. The Morgan fingerprint density at radius 2 is 1.75 bits per heavy atom. The molecule has 7 heteroatoms. The lowest BCUT2D eigenvalue weighted by Gasteiger charge is -2.23. The molecule has 0 aliphatic rings. The second kappa shape index (κ2) is 10.1. The molecule has 28 heavy (non-hydrogen) atoms. The predicted molar refractivity (Wildman–Crippen MR) is 114 cm³/mol. The fourth-order valence-electron chi connectivity index (χ4n) is 2.58. The highest BCUT2D eigenvalue weighted by molar-refractivity contribution is 7.98. The molecule has 0 aliphatic carbocycles. The van der Waals surface area contributed by atoms with Gasteiger partial charge in [0.1, 0.15) is 6.04 Å². The molecular formula is C21H27N3O3S. The number of carbonyl (C=O) groups excluding carboxylic acids is 2. The second-order valence-corrected chi connectivity index (χ2v) is 7.55. The van der Waals surface area contributed by atoms with Gasteiger partial charge in [-0.1, -0.05) is 24.3 Å². The maximum Gasteiger partial charge on any atom is 0.329 e. The molecule has 0 unspecified atom stereocenters. The summed E-state index contributed by atoms with van der Waals surface area (Å²) in [7, 11) is 3.92. The molecule has 2 aromatic carbocycles. The number of nitrogens with one attached hydrogen (secondary N) is 2. The van der Waals surface area contributed by atoms with E-state index in [-0.39, 0.29) is 12.0 Å². The number of carbonyl (C=O) groups is 2. The molecule has 150 valence electrons. The first-order chi connectivity index (χ1) is 13.3. The van der Waals surface area contributed by atoms with Crippen LogP contribution in [0.4, 0.5) is 5.69 Å². The summed E-state index contributed by atoms with van der Waals surface area (Å²) in [5, 5.41) is 0. The van der Waals surface area contributed by atoms with Crippen molar-refractivity contribution >= 4 is 29.3 Å². The molecule has 0 bridgehead atoms. The van der Waals surface area contributed by atoms with Gasteiger partial charge in [0, 0.05) is 30.2 Å². The average Bonchev–Trinajstić information content (AvgIpc) is 2.68. The van der Waals surface area contributed by atoms with Crippen molar-refractivity contribution in [1.82, 2.24) is 10.9 Å². The summed E-state index contributed by atoms with van der Waals surface area (Å²) in [6.45, 7) is 3.59. The molecule has 0 saturated heterocycles. The summed E-state index contributed by atoms with van der Waals surface area (Å²) in [6.07, 6.45) is 1.69. The van der Waals surface area contributed by atoms with Gasteiger partial charge < -0.3 is 9.64 Å². The van der Waals surface area contributed by atoms with Crippen LogP contribution in [0, 0.1) is 0 Å². The predicted octanol–water partition coefficient (Wildman–Crippen LogP) is 3.40. The summed E-state index contributed by atoms with van der Waals surface area (Å²) in [5.74, 6) is -0.769. The van der Waals surface area contributed by atoms with Crippen molar-refractivity contribution in [2.45, 2.75) is 30.9 Å². The number of esters is 1. The molecule has 2 aromatic rings. The fourth-order valence-corrected chi connectivity index (χ4v) is 3.24. The molecule has 1 atom stereocenters. The van der Waals surface area contributed by atoms with E-state index in [9.17, 15) is 9.59 Å². The largest absolute Gasteiger partial charge is 0.462 e. The van der Waals surface area contributed by atoms with Crippen LogP contribution >= 0.6 is 11.8 Å². The number of ether oxygens (including phenoxy) is 1. The van der Waals surface area contributed by atoms with E-state index in [1.54, 1.807) is 38.1 Å². The van der Waals surface area contributed by atoms with E-state index < -0.39 is 12.0 Å². The molecule has 0 aliphatic heterocycles. The normalized spacial score (nSPS) is 11.8. The van der Waals surface area contributed by atoms with Crippen molar-refractivity contribution in [3.8, 4) is 0 Å². The van der Waals surface area contributed by atoms with E-state index in [1.165, 1.54) is 11.8 Å². The molecule has 0 radical (unpaired) electrons. The molecule has 6 nitrogen and oxygen atoms in total. The zero-order valence-corrected chi connectivity index (χ0v) is 17.7. The highest BCUT2D eigenvalue weighted by Gasteiger charge is 2.26. The van der Waals surface area contributed by atoms with Crippen molar-refractivity contribution in [2.24, 2.45) is 0 Å². The van der Waals surface area contributed by atoms with Crippen LogP contribution in [0.2, 0.25) is 0 Å². The number of hydrazine groups is 1. The smallest absolute Gasteiger partial charge is 0.329 e. The van der Waals surface area contributed by atoms with Crippen LogP contribution in [0.3, 0.4) is 0 Å². The summed E-state index contributed by atoms with van der Waals surface area (Å²) < 4.78 is 5.41. The molecule has 1 amide bonds.